The smallest absolute Gasteiger partial charge is 0.244 e. The number of benzene rings is 2. The molecule has 0 radical (unpaired) electrons. The van der Waals surface area contributed by atoms with Gasteiger partial charge in [-0.05, 0) is 54.2 Å². The molecule has 2 aromatic carbocycles. The van der Waals surface area contributed by atoms with Gasteiger partial charge in [-0.25, -0.2) is 8.42 Å². The van der Waals surface area contributed by atoms with Gasteiger partial charge in [-0.1, -0.05) is 52.0 Å². The predicted octanol–water partition coefficient (Wildman–Crippen LogP) is 4.03. The fourth-order valence-corrected chi connectivity index (χ4v) is 4.54. The molecule has 2 rings (SSSR count). The van der Waals surface area contributed by atoms with E-state index in [0.29, 0.717) is 18.7 Å². The van der Waals surface area contributed by atoms with Crippen molar-refractivity contribution in [3.05, 3.63) is 59.7 Å². The summed E-state index contributed by atoms with van der Waals surface area (Å²) in [6.45, 7) is 10.7. The number of hydrogen-bond donors (Lipinski definition) is 1. The predicted molar refractivity (Wildman–Crippen MR) is 126 cm³/mol. The fourth-order valence-electron chi connectivity index (χ4n) is 3.34. The van der Waals surface area contributed by atoms with Crippen molar-refractivity contribution in [2.75, 3.05) is 23.7 Å². The number of rotatable bonds is 9. The van der Waals surface area contributed by atoms with Crippen LogP contribution >= 0.6 is 0 Å². The molecular formula is C24H34N2O4S. The average molecular weight is 447 g/mol. The van der Waals surface area contributed by atoms with Gasteiger partial charge in [0.2, 0.25) is 15.9 Å². The van der Waals surface area contributed by atoms with E-state index in [1.807, 2.05) is 37.3 Å². The summed E-state index contributed by atoms with van der Waals surface area (Å²) in [5, 5.41) is 2.81. The van der Waals surface area contributed by atoms with Crippen LogP contribution in [0.1, 0.15) is 45.2 Å². The van der Waals surface area contributed by atoms with Gasteiger partial charge in [0.25, 0.3) is 0 Å². The molecular weight excluding hydrogens is 412 g/mol. The zero-order chi connectivity index (χ0) is 23.2. The van der Waals surface area contributed by atoms with Gasteiger partial charge in [0.05, 0.1) is 18.5 Å². The highest BCUT2D eigenvalue weighted by Gasteiger charge is 2.31. The summed E-state index contributed by atoms with van der Waals surface area (Å²) in [5.74, 6) is 0.382. The van der Waals surface area contributed by atoms with Gasteiger partial charge in [-0.3, -0.25) is 9.10 Å². The maximum absolute atomic E-state index is 12.8. The molecule has 7 heteroatoms. The second-order valence-corrected chi connectivity index (χ2v) is 10.6. The molecule has 6 nitrogen and oxygen atoms in total. The third-order valence-corrected chi connectivity index (χ3v) is 6.16. The number of sulfonamides is 1. The molecule has 0 aliphatic heterocycles. The van der Waals surface area contributed by atoms with Gasteiger partial charge in [0.1, 0.15) is 18.4 Å². The maximum Gasteiger partial charge on any atom is 0.244 e. The first-order chi connectivity index (χ1) is 14.4. The SMILES string of the molecule is CC[C@H](C(=O)NCCOc1ccc(C(C)(C)C)cc1)N(c1cccc(C)c1)S(C)(=O)=O. The van der Waals surface area contributed by atoms with Crippen LogP contribution in [0.5, 0.6) is 5.75 Å². The number of anilines is 1. The van der Waals surface area contributed by atoms with Crippen LogP contribution < -0.4 is 14.4 Å². The van der Waals surface area contributed by atoms with Crippen molar-refractivity contribution in [3.8, 4) is 5.75 Å². The minimum atomic E-state index is -3.64. The van der Waals surface area contributed by atoms with Gasteiger partial charge < -0.3 is 10.1 Å². The van der Waals surface area contributed by atoms with Gasteiger partial charge in [0.15, 0.2) is 0 Å². The second kappa shape index (κ2) is 10.2. The molecule has 0 bridgehead atoms. The Morgan fingerprint density at radius 1 is 1.13 bits per heavy atom. The van der Waals surface area contributed by atoms with Crippen molar-refractivity contribution >= 4 is 21.6 Å². The molecule has 0 heterocycles. The Balaban J connectivity index is 2.00. The van der Waals surface area contributed by atoms with Crippen molar-refractivity contribution in [1.29, 1.82) is 0 Å². The molecule has 0 fully saturated rings. The highest BCUT2D eigenvalue weighted by molar-refractivity contribution is 7.92. The Morgan fingerprint density at radius 2 is 1.77 bits per heavy atom. The second-order valence-electron chi connectivity index (χ2n) is 8.74. The van der Waals surface area contributed by atoms with Crippen molar-refractivity contribution in [3.63, 3.8) is 0 Å². The maximum atomic E-state index is 12.8. The van der Waals surface area contributed by atoms with E-state index in [4.69, 9.17) is 4.74 Å². The lowest BCUT2D eigenvalue weighted by molar-refractivity contribution is -0.122. The number of carbonyl (C=O) groups is 1. The van der Waals surface area contributed by atoms with E-state index in [2.05, 4.69) is 26.1 Å². The number of nitrogens with zero attached hydrogens (tertiary/aromatic N) is 1. The molecule has 0 aliphatic carbocycles. The lowest BCUT2D eigenvalue weighted by Crippen LogP contribution is -2.50. The summed E-state index contributed by atoms with van der Waals surface area (Å²) in [6, 6.07) is 14.2. The van der Waals surface area contributed by atoms with Gasteiger partial charge >= 0.3 is 0 Å². The first kappa shape index (κ1) is 24.7. The zero-order valence-corrected chi connectivity index (χ0v) is 20.1. The third-order valence-electron chi connectivity index (χ3n) is 4.98. The lowest BCUT2D eigenvalue weighted by atomic mass is 9.87. The van der Waals surface area contributed by atoms with Crippen LogP contribution in [0.4, 0.5) is 5.69 Å². The Kier molecular flexibility index (Phi) is 8.12. The molecule has 0 unspecified atom stereocenters. The molecule has 170 valence electrons. The minimum Gasteiger partial charge on any atom is -0.492 e. The molecule has 1 atom stereocenters. The minimum absolute atomic E-state index is 0.0739. The number of ether oxygens (including phenoxy) is 1. The number of nitrogens with one attached hydrogen (secondary N) is 1. The standard InChI is InChI=1S/C24H34N2O4S/c1-7-22(26(31(6,28)29)20-10-8-9-18(2)17-20)23(27)25-15-16-30-21-13-11-19(12-14-21)24(3,4)5/h8-14,17,22H,7,15-16H2,1-6H3,(H,25,27)/t22-/m1/s1. The van der Waals surface area contributed by atoms with Crippen LogP contribution in [0.2, 0.25) is 0 Å². The Morgan fingerprint density at radius 3 is 2.29 bits per heavy atom. The fraction of sp³-hybridized carbons (Fsp3) is 0.458. The largest absolute Gasteiger partial charge is 0.492 e. The first-order valence-corrected chi connectivity index (χ1v) is 12.4. The molecule has 0 saturated heterocycles. The van der Waals surface area contributed by atoms with Crippen LogP contribution in [-0.2, 0) is 20.2 Å². The highest BCUT2D eigenvalue weighted by atomic mass is 32.2. The van der Waals surface area contributed by atoms with Gasteiger partial charge in [-0.15, -0.1) is 0 Å². The molecule has 0 spiro atoms. The van der Waals surface area contributed by atoms with Crippen LogP contribution in [0, 0.1) is 6.92 Å². The van der Waals surface area contributed by atoms with E-state index in [0.717, 1.165) is 17.6 Å². The van der Waals surface area contributed by atoms with E-state index in [9.17, 15) is 13.2 Å². The van der Waals surface area contributed by atoms with Crippen LogP contribution in [-0.4, -0.2) is 39.8 Å². The van der Waals surface area contributed by atoms with E-state index in [1.54, 1.807) is 25.1 Å². The van der Waals surface area contributed by atoms with Crippen LogP contribution in [0.25, 0.3) is 0 Å². The Bertz CT molecular complexity index is 979. The van der Waals surface area contributed by atoms with Crippen molar-refractivity contribution in [2.45, 2.75) is 52.5 Å². The van der Waals surface area contributed by atoms with E-state index >= 15 is 0 Å². The summed E-state index contributed by atoms with van der Waals surface area (Å²) >= 11 is 0. The third kappa shape index (κ3) is 6.99. The Labute approximate surface area is 186 Å². The van der Waals surface area contributed by atoms with E-state index in [-0.39, 0.29) is 17.9 Å². The topological polar surface area (TPSA) is 75.7 Å². The summed E-state index contributed by atoms with van der Waals surface area (Å²) in [7, 11) is -3.64. The summed E-state index contributed by atoms with van der Waals surface area (Å²) in [5.41, 5.74) is 2.70. The molecule has 0 saturated carbocycles. The Hall–Kier alpha value is -2.54. The summed E-state index contributed by atoms with van der Waals surface area (Å²) in [4.78, 5) is 12.8. The normalized spacial score (nSPS) is 12.8. The zero-order valence-electron chi connectivity index (χ0n) is 19.3. The number of aryl methyl sites for hydroxylation is 1. The van der Waals surface area contributed by atoms with Crippen LogP contribution in [0.3, 0.4) is 0 Å². The average Bonchev–Trinajstić information content (AvgIpc) is 2.67. The molecule has 1 N–H and O–H groups in total. The quantitative estimate of drug-likeness (QED) is 0.590. The lowest BCUT2D eigenvalue weighted by Gasteiger charge is -2.30. The summed E-state index contributed by atoms with van der Waals surface area (Å²) < 4.78 is 31.9. The molecule has 2 aromatic rings. The highest BCUT2D eigenvalue weighted by Crippen LogP contribution is 2.25. The van der Waals surface area contributed by atoms with Crippen molar-refractivity contribution in [1.82, 2.24) is 5.32 Å². The number of carbonyl (C=O) groups excluding carboxylic acids is 1. The van der Waals surface area contributed by atoms with Gasteiger partial charge in [0, 0.05) is 0 Å². The summed E-state index contributed by atoms with van der Waals surface area (Å²) in [6.07, 6.45) is 1.47. The first-order valence-electron chi connectivity index (χ1n) is 10.5. The van der Waals surface area contributed by atoms with Crippen molar-refractivity contribution in [2.24, 2.45) is 0 Å². The van der Waals surface area contributed by atoms with Crippen molar-refractivity contribution < 1.29 is 17.9 Å². The molecule has 0 aromatic heterocycles. The molecule has 31 heavy (non-hydrogen) atoms. The number of hydrogen-bond acceptors (Lipinski definition) is 4. The number of amides is 1. The molecule has 0 aliphatic rings. The van der Waals surface area contributed by atoms with E-state index in [1.165, 1.54) is 9.87 Å². The molecule has 1 amide bonds. The van der Waals surface area contributed by atoms with Crippen LogP contribution in [0.15, 0.2) is 48.5 Å². The monoisotopic (exact) mass is 446 g/mol. The van der Waals surface area contributed by atoms with Gasteiger partial charge in [-0.2, -0.15) is 0 Å². The van der Waals surface area contributed by atoms with E-state index < -0.39 is 16.1 Å².